The highest BCUT2D eigenvalue weighted by Crippen LogP contribution is 2.38. The molecule has 1 aliphatic rings. The number of sulfone groups is 1. The largest absolute Gasteiger partial charge is 0.497 e. The fourth-order valence-electron chi connectivity index (χ4n) is 2.09. The molecule has 88 valence electrons. The van der Waals surface area contributed by atoms with Gasteiger partial charge in [-0.25, -0.2) is 8.42 Å². The number of hydrogen-bond donors (Lipinski definition) is 1. The second-order valence-electron chi connectivity index (χ2n) is 3.89. The number of methoxy groups -OCH3 is 1. The Morgan fingerprint density at radius 3 is 2.88 bits per heavy atom. The first-order valence-electron chi connectivity index (χ1n) is 5.10. The van der Waals surface area contributed by atoms with Crippen LogP contribution >= 0.6 is 0 Å². The minimum Gasteiger partial charge on any atom is -0.497 e. The molecule has 0 saturated carbocycles. The quantitative estimate of drug-likeness (QED) is 0.857. The Bertz CT molecular complexity index is 493. The summed E-state index contributed by atoms with van der Waals surface area (Å²) < 4.78 is 28.7. The lowest BCUT2D eigenvalue weighted by Crippen LogP contribution is -2.05. The zero-order valence-corrected chi connectivity index (χ0v) is 9.83. The maximum Gasteiger partial charge on any atom is 0.179 e. The van der Waals surface area contributed by atoms with Crippen LogP contribution < -0.4 is 4.74 Å². The number of aliphatic hydroxyl groups excluding tert-OH is 1. The summed E-state index contributed by atoms with van der Waals surface area (Å²) in [6, 6.07) is 4.98. The van der Waals surface area contributed by atoms with E-state index in [-0.39, 0.29) is 18.3 Å². The Balaban J connectivity index is 2.50. The van der Waals surface area contributed by atoms with E-state index in [0.29, 0.717) is 17.1 Å². The molecule has 1 unspecified atom stereocenters. The third-order valence-corrected chi connectivity index (χ3v) is 4.77. The van der Waals surface area contributed by atoms with Gasteiger partial charge in [0.05, 0.1) is 17.8 Å². The molecule has 5 heteroatoms. The molecule has 0 aromatic heterocycles. The molecule has 0 bridgehead atoms. The monoisotopic (exact) mass is 242 g/mol. The van der Waals surface area contributed by atoms with Gasteiger partial charge >= 0.3 is 0 Å². The number of ether oxygens (including phenoxy) is 1. The number of benzene rings is 1. The molecule has 0 aliphatic carbocycles. The number of aliphatic hydroxyl groups is 1. The van der Waals surface area contributed by atoms with Gasteiger partial charge < -0.3 is 9.84 Å². The first-order chi connectivity index (χ1) is 7.58. The Labute approximate surface area is 94.8 Å². The normalized spacial score (nSPS) is 21.8. The number of fused-ring (bicyclic) bond motifs is 1. The first-order valence-corrected chi connectivity index (χ1v) is 6.75. The standard InChI is InChI=1S/C11H14O4S/c1-15-9-2-3-11-10(6-9)8(4-5-12)7-16(11,13)14/h2-3,6,8,12H,4-5,7H2,1H3. The summed E-state index contributed by atoms with van der Waals surface area (Å²) in [5.41, 5.74) is 0.772. The van der Waals surface area contributed by atoms with Crippen LogP contribution in [0, 0.1) is 0 Å². The second kappa shape index (κ2) is 4.07. The van der Waals surface area contributed by atoms with E-state index in [9.17, 15) is 8.42 Å². The molecule has 0 fully saturated rings. The van der Waals surface area contributed by atoms with Gasteiger partial charge in [0.2, 0.25) is 0 Å². The van der Waals surface area contributed by atoms with Gasteiger partial charge in [-0.15, -0.1) is 0 Å². The van der Waals surface area contributed by atoms with E-state index in [2.05, 4.69) is 0 Å². The van der Waals surface area contributed by atoms with Crippen molar-refractivity contribution in [3.8, 4) is 5.75 Å². The van der Waals surface area contributed by atoms with Crippen LogP contribution in [0.2, 0.25) is 0 Å². The van der Waals surface area contributed by atoms with E-state index in [1.165, 1.54) is 0 Å². The molecule has 1 aromatic rings. The molecule has 1 heterocycles. The van der Waals surface area contributed by atoms with Gasteiger partial charge in [-0.1, -0.05) is 0 Å². The Hall–Kier alpha value is -1.07. The zero-order valence-electron chi connectivity index (χ0n) is 9.01. The van der Waals surface area contributed by atoms with Crippen molar-refractivity contribution in [3.05, 3.63) is 23.8 Å². The minimum absolute atomic E-state index is 0.00314. The van der Waals surface area contributed by atoms with Crippen molar-refractivity contribution in [3.63, 3.8) is 0 Å². The van der Waals surface area contributed by atoms with Crippen LogP contribution in [-0.2, 0) is 9.84 Å². The summed E-state index contributed by atoms with van der Waals surface area (Å²) in [7, 11) is -1.62. The van der Waals surface area contributed by atoms with Gasteiger partial charge in [-0.3, -0.25) is 0 Å². The van der Waals surface area contributed by atoms with Crippen molar-refractivity contribution >= 4 is 9.84 Å². The highest BCUT2D eigenvalue weighted by Gasteiger charge is 2.34. The van der Waals surface area contributed by atoms with Crippen molar-refractivity contribution in [2.75, 3.05) is 19.5 Å². The van der Waals surface area contributed by atoms with Gasteiger partial charge in [-0.2, -0.15) is 0 Å². The van der Waals surface area contributed by atoms with Crippen molar-refractivity contribution in [2.24, 2.45) is 0 Å². The van der Waals surface area contributed by atoms with Crippen LogP contribution in [0.25, 0.3) is 0 Å². The topological polar surface area (TPSA) is 63.6 Å². The van der Waals surface area contributed by atoms with E-state index in [1.54, 1.807) is 25.3 Å². The number of rotatable bonds is 3. The summed E-state index contributed by atoms with van der Waals surface area (Å²) in [5.74, 6) is 0.634. The molecule has 1 atom stereocenters. The van der Waals surface area contributed by atoms with Crippen LogP contribution in [0.15, 0.2) is 23.1 Å². The highest BCUT2D eigenvalue weighted by molar-refractivity contribution is 7.91. The molecule has 0 saturated heterocycles. The van der Waals surface area contributed by atoms with Gasteiger partial charge in [-0.05, 0) is 30.2 Å². The third kappa shape index (κ3) is 1.81. The molecule has 0 radical (unpaired) electrons. The molecule has 16 heavy (non-hydrogen) atoms. The van der Waals surface area contributed by atoms with E-state index in [0.717, 1.165) is 5.56 Å². The first kappa shape index (κ1) is 11.4. The fourth-order valence-corrected chi connectivity index (χ4v) is 4.01. The average Bonchev–Trinajstić information content (AvgIpc) is 2.51. The summed E-state index contributed by atoms with van der Waals surface area (Å²) >= 11 is 0. The summed E-state index contributed by atoms with van der Waals surface area (Å²) in [6.07, 6.45) is 0.472. The molecular weight excluding hydrogens is 228 g/mol. The Kier molecular flexibility index (Phi) is 2.90. The zero-order chi connectivity index (χ0) is 11.8. The fraction of sp³-hybridized carbons (Fsp3) is 0.455. The summed E-state index contributed by atoms with van der Waals surface area (Å²) in [6.45, 7) is -0.00314. The number of hydrogen-bond acceptors (Lipinski definition) is 4. The molecule has 1 aromatic carbocycles. The average molecular weight is 242 g/mol. The highest BCUT2D eigenvalue weighted by atomic mass is 32.2. The molecule has 0 amide bonds. The van der Waals surface area contributed by atoms with Gasteiger partial charge in [0, 0.05) is 12.5 Å². The molecule has 1 aliphatic heterocycles. The van der Waals surface area contributed by atoms with Gasteiger partial charge in [0.1, 0.15) is 5.75 Å². The summed E-state index contributed by atoms with van der Waals surface area (Å²) in [4.78, 5) is 0.381. The van der Waals surface area contributed by atoms with E-state index in [4.69, 9.17) is 9.84 Å². The van der Waals surface area contributed by atoms with Crippen molar-refractivity contribution in [1.29, 1.82) is 0 Å². The molecule has 4 nitrogen and oxygen atoms in total. The van der Waals surface area contributed by atoms with Gasteiger partial charge in [0.15, 0.2) is 9.84 Å². The second-order valence-corrected chi connectivity index (χ2v) is 5.90. The Morgan fingerprint density at radius 1 is 1.50 bits per heavy atom. The van der Waals surface area contributed by atoms with E-state index < -0.39 is 9.84 Å². The smallest absolute Gasteiger partial charge is 0.179 e. The van der Waals surface area contributed by atoms with Gasteiger partial charge in [0.25, 0.3) is 0 Å². The van der Waals surface area contributed by atoms with E-state index in [1.807, 2.05) is 0 Å². The molecule has 0 spiro atoms. The van der Waals surface area contributed by atoms with Crippen LogP contribution in [0.3, 0.4) is 0 Å². The van der Waals surface area contributed by atoms with Crippen molar-refractivity contribution in [2.45, 2.75) is 17.2 Å². The Morgan fingerprint density at radius 2 is 2.25 bits per heavy atom. The van der Waals surface area contributed by atoms with Crippen LogP contribution in [0.4, 0.5) is 0 Å². The predicted molar refractivity (Wildman–Crippen MR) is 59.5 cm³/mol. The van der Waals surface area contributed by atoms with E-state index >= 15 is 0 Å². The molecule has 2 rings (SSSR count). The maximum absolute atomic E-state index is 11.8. The van der Waals surface area contributed by atoms with Crippen LogP contribution in [-0.4, -0.2) is 33.0 Å². The van der Waals surface area contributed by atoms with Crippen LogP contribution in [0.1, 0.15) is 17.9 Å². The predicted octanol–water partition coefficient (Wildman–Crippen LogP) is 0.948. The SMILES string of the molecule is COc1ccc2c(c1)C(CCO)CS2(=O)=O. The van der Waals surface area contributed by atoms with Crippen molar-refractivity contribution < 1.29 is 18.3 Å². The summed E-state index contributed by atoms with van der Waals surface area (Å²) in [5, 5.41) is 8.92. The maximum atomic E-state index is 11.8. The molecule has 1 N–H and O–H groups in total. The lowest BCUT2D eigenvalue weighted by molar-refractivity contribution is 0.279. The third-order valence-electron chi connectivity index (χ3n) is 2.89. The van der Waals surface area contributed by atoms with Crippen molar-refractivity contribution in [1.82, 2.24) is 0 Å². The lowest BCUT2D eigenvalue weighted by atomic mass is 9.98. The molecular formula is C11H14O4S. The van der Waals surface area contributed by atoms with Crippen LogP contribution in [0.5, 0.6) is 5.75 Å². The minimum atomic E-state index is -3.17. The lowest BCUT2D eigenvalue weighted by Gasteiger charge is -2.08.